The van der Waals surface area contributed by atoms with Gasteiger partial charge in [0.2, 0.25) is 17.7 Å². The van der Waals surface area contributed by atoms with Gasteiger partial charge in [-0.05, 0) is 54.9 Å². The van der Waals surface area contributed by atoms with Crippen molar-refractivity contribution in [2.24, 2.45) is 0 Å². The van der Waals surface area contributed by atoms with E-state index < -0.39 is 12.1 Å². The van der Waals surface area contributed by atoms with Gasteiger partial charge in [0.1, 0.15) is 6.04 Å². The molecule has 3 N–H and O–H groups in total. The zero-order chi connectivity index (χ0) is 19.5. The summed E-state index contributed by atoms with van der Waals surface area (Å²) < 4.78 is 5.74. The van der Waals surface area contributed by atoms with Gasteiger partial charge in [0.25, 0.3) is 0 Å². The summed E-state index contributed by atoms with van der Waals surface area (Å²) in [6.45, 7) is 1.03. The fraction of sp³-hybridized carbons (Fsp3) is 0.250. The molecule has 2 atom stereocenters. The Morgan fingerprint density at radius 2 is 1.69 bits per heavy atom. The van der Waals surface area contributed by atoms with Crippen molar-refractivity contribution in [1.29, 1.82) is 0 Å². The van der Waals surface area contributed by atoms with Gasteiger partial charge in [-0.3, -0.25) is 4.79 Å². The minimum atomic E-state index is -0.630. The summed E-state index contributed by atoms with van der Waals surface area (Å²) in [6, 6.07) is 14.1. The third-order valence-electron chi connectivity index (χ3n) is 4.66. The van der Waals surface area contributed by atoms with Crippen LogP contribution in [0.25, 0.3) is 22.9 Å². The summed E-state index contributed by atoms with van der Waals surface area (Å²) in [7, 11) is 0. The van der Waals surface area contributed by atoms with E-state index in [0.29, 0.717) is 36.3 Å². The molecule has 9 heteroatoms. The number of carbonyl (C=O) groups is 1. The van der Waals surface area contributed by atoms with Crippen molar-refractivity contribution >= 4 is 29.9 Å². The topological polar surface area (TPSA) is 100 Å². The summed E-state index contributed by atoms with van der Waals surface area (Å²) in [4.78, 5) is 12.1. The van der Waals surface area contributed by atoms with E-state index in [1.54, 1.807) is 12.1 Å². The highest BCUT2D eigenvalue weighted by Gasteiger charge is 2.30. The fourth-order valence-corrected chi connectivity index (χ4v) is 3.20. The Morgan fingerprint density at radius 3 is 2.24 bits per heavy atom. The summed E-state index contributed by atoms with van der Waals surface area (Å²) in [6.07, 6.45) is -0.0376. The first-order valence-electron chi connectivity index (χ1n) is 8.98. The number of benzene rings is 2. The molecule has 1 aliphatic heterocycles. The predicted octanol–water partition coefficient (Wildman–Crippen LogP) is 2.82. The van der Waals surface area contributed by atoms with Gasteiger partial charge in [-0.1, -0.05) is 23.7 Å². The number of carbonyl (C=O) groups excluding carboxylic acids is 1. The van der Waals surface area contributed by atoms with Crippen molar-refractivity contribution in [2.45, 2.75) is 25.1 Å². The number of aromatic nitrogens is 2. The van der Waals surface area contributed by atoms with Crippen molar-refractivity contribution in [1.82, 2.24) is 20.8 Å². The van der Waals surface area contributed by atoms with Crippen LogP contribution in [0.15, 0.2) is 52.9 Å². The summed E-state index contributed by atoms with van der Waals surface area (Å²) in [5.74, 6) is 0.642. The molecule has 1 aliphatic rings. The first kappa shape index (κ1) is 21.3. The molecule has 0 spiro atoms. The summed E-state index contributed by atoms with van der Waals surface area (Å²) >= 11 is 5.90. The van der Waals surface area contributed by atoms with E-state index in [9.17, 15) is 9.90 Å². The highest BCUT2D eigenvalue weighted by Crippen LogP contribution is 2.25. The number of nitrogens with zero attached hydrogens (tertiary/aromatic N) is 2. The van der Waals surface area contributed by atoms with Crippen LogP contribution in [0.1, 0.15) is 12.0 Å². The van der Waals surface area contributed by atoms with Crippen LogP contribution in [0.2, 0.25) is 5.02 Å². The van der Waals surface area contributed by atoms with E-state index in [1.807, 2.05) is 36.4 Å². The standard InChI is InChI=1S/C20H19ClN4O3.ClH/c21-15-7-5-14(6-8-15)20-25-24-19(28-20)13-3-1-12(2-4-13)11-23-18(27)17-16(26)9-10-22-17;/h1-8,16-17,22,26H,9-11H2,(H,23,27);1H/t16-,17-;/m0./s1. The van der Waals surface area contributed by atoms with E-state index >= 15 is 0 Å². The average Bonchev–Trinajstić information content (AvgIpc) is 3.36. The van der Waals surface area contributed by atoms with Gasteiger partial charge < -0.3 is 20.2 Å². The number of hydrogen-bond donors (Lipinski definition) is 3. The number of rotatable bonds is 5. The molecule has 0 radical (unpaired) electrons. The van der Waals surface area contributed by atoms with Gasteiger partial charge in [-0.2, -0.15) is 0 Å². The van der Waals surface area contributed by atoms with Gasteiger partial charge in [0, 0.05) is 22.7 Å². The molecule has 1 fully saturated rings. The maximum Gasteiger partial charge on any atom is 0.248 e. The third-order valence-corrected chi connectivity index (χ3v) is 4.91. The molecule has 0 saturated carbocycles. The SMILES string of the molecule is Cl.O=C(NCc1ccc(-c2nnc(-c3ccc(Cl)cc3)o2)cc1)[C@H]1NCC[C@@H]1O. The first-order valence-corrected chi connectivity index (χ1v) is 9.36. The van der Waals surface area contributed by atoms with Gasteiger partial charge in [-0.25, -0.2) is 0 Å². The lowest BCUT2D eigenvalue weighted by molar-refractivity contribution is -0.124. The first-order chi connectivity index (χ1) is 13.6. The average molecular weight is 435 g/mol. The molecule has 0 aliphatic carbocycles. The molecule has 152 valence electrons. The molecule has 4 rings (SSSR count). The van der Waals surface area contributed by atoms with Crippen molar-refractivity contribution in [3.05, 3.63) is 59.1 Å². The second-order valence-electron chi connectivity index (χ2n) is 6.62. The van der Waals surface area contributed by atoms with Crippen LogP contribution in [-0.2, 0) is 11.3 Å². The van der Waals surface area contributed by atoms with E-state index in [4.69, 9.17) is 16.0 Å². The number of aliphatic hydroxyl groups excluding tert-OH is 1. The Kier molecular flexibility index (Phi) is 6.87. The smallest absolute Gasteiger partial charge is 0.248 e. The molecule has 3 aromatic rings. The van der Waals surface area contributed by atoms with Crippen LogP contribution in [-0.4, -0.2) is 39.9 Å². The maximum absolute atomic E-state index is 12.1. The lowest BCUT2D eigenvalue weighted by Crippen LogP contribution is -2.45. The van der Waals surface area contributed by atoms with E-state index in [0.717, 1.165) is 16.7 Å². The molecule has 7 nitrogen and oxygen atoms in total. The lowest BCUT2D eigenvalue weighted by Gasteiger charge is -2.14. The molecule has 1 saturated heterocycles. The number of nitrogens with one attached hydrogen (secondary N) is 2. The predicted molar refractivity (Wildman–Crippen MR) is 112 cm³/mol. The molecule has 2 heterocycles. The van der Waals surface area contributed by atoms with Gasteiger partial charge in [-0.15, -0.1) is 22.6 Å². The van der Waals surface area contributed by atoms with E-state index in [1.165, 1.54) is 0 Å². The molecule has 1 amide bonds. The zero-order valence-electron chi connectivity index (χ0n) is 15.3. The van der Waals surface area contributed by atoms with Crippen molar-refractivity contribution in [3.8, 4) is 22.9 Å². The minimum absolute atomic E-state index is 0. The molecular formula is C20H20Cl2N4O3. The Hall–Kier alpha value is -2.45. The summed E-state index contributed by atoms with van der Waals surface area (Å²) in [5, 5.41) is 24.4. The van der Waals surface area contributed by atoms with Crippen LogP contribution in [0.3, 0.4) is 0 Å². The number of aliphatic hydroxyl groups is 1. The van der Waals surface area contributed by atoms with Gasteiger partial charge in [0.15, 0.2) is 0 Å². The van der Waals surface area contributed by atoms with Crippen LogP contribution < -0.4 is 10.6 Å². The van der Waals surface area contributed by atoms with Crippen LogP contribution in [0.4, 0.5) is 0 Å². The third kappa shape index (κ3) is 4.94. The highest BCUT2D eigenvalue weighted by atomic mass is 35.5. The van der Waals surface area contributed by atoms with Crippen molar-refractivity contribution < 1.29 is 14.3 Å². The molecule has 0 unspecified atom stereocenters. The second-order valence-corrected chi connectivity index (χ2v) is 7.06. The maximum atomic E-state index is 12.1. The Bertz CT molecular complexity index is 961. The fourth-order valence-electron chi connectivity index (χ4n) is 3.07. The van der Waals surface area contributed by atoms with Crippen LogP contribution >= 0.6 is 24.0 Å². The lowest BCUT2D eigenvalue weighted by atomic mass is 10.1. The summed E-state index contributed by atoms with van der Waals surface area (Å²) in [5.41, 5.74) is 2.52. The molecule has 29 heavy (non-hydrogen) atoms. The van der Waals surface area contributed by atoms with E-state index in [-0.39, 0.29) is 18.3 Å². The Balaban J connectivity index is 0.00000240. The number of amides is 1. The molecular weight excluding hydrogens is 415 g/mol. The number of hydrogen-bond acceptors (Lipinski definition) is 6. The highest BCUT2D eigenvalue weighted by molar-refractivity contribution is 6.30. The minimum Gasteiger partial charge on any atom is -0.416 e. The Morgan fingerprint density at radius 1 is 1.10 bits per heavy atom. The van der Waals surface area contributed by atoms with Crippen LogP contribution in [0, 0.1) is 0 Å². The van der Waals surface area contributed by atoms with Gasteiger partial charge in [0.05, 0.1) is 6.10 Å². The van der Waals surface area contributed by atoms with Gasteiger partial charge >= 0.3 is 0 Å². The normalized spacial score (nSPS) is 18.3. The van der Waals surface area contributed by atoms with Crippen molar-refractivity contribution in [3.63, 3.8) is 0 Å². The second kappa shape index (κ2) is 9.37. The zero-order valence-corrected chi connectivity index (χ0v) is 16.9. The quantitative estimate of drug-likeness (QED) is 0.570. The monoisotopic (exact) mass is 434 g/mol. The molecule has 2 aromatic carbocycles. The molecule has 0 bridgehead atoms. The van der Waals surface area contributed by atoms with E-state index in [2.05, 4.69) is 20.8 Å². The Labute approximate surface area is 178 Å². The molecule has 1 aromatic heterocycles. The number of halogens is 2. The van der Waals surface area contributed by atoms with Crippen LogP contribution in [0.5, 0.6) is 0 Å². The largest absolute Gasteiger partial charge is 0.416 e. The van der Waals surface area contributed by atoms with Crippen molar-refractivity contribution in [2.75, 3.05) is 6.54 Å².